The van der Waals surface area contributed by atoms with Gasteiger partial charge in [0.1, 0.15) is 0 Å². The minimum atomic E-state index is 0.859. The summed E-state index contributed by atoms with van der Waals surface area (Å²) >= 11 is 0. The maximum Gasteiger partial charge on any atom is -0.00221 e. The summed E-state index contributed by atoms with van der Waals surface area (Å²) in [6.45, 7) is 3.35. The molecule has 1 aliphatic carbocycles. The van der Waals surface area contributed by atoms with Gasteiger partial charge in [0.15, 0.2) is 0 Å². The van der Waals surface area contributed by atoms with Crippen molar-refractivity contribution in [1.29, 1.82) is 0 Å². The highest BCUT2D eigenvalue weighted by Crippen LogP contribution is 2.29. The van der Waals surface area contributed by atoms with Gasteiger partial charge in [0, 0.05) is 0 Å². The highest BCUT2D eigenvalue weighted by Gasteiger charge is 2.18. The summed E-state index contributed by atoms with van der Waals surface area (Å²) in [5, 5.41) is 0. The Morgan fingerprint density at radius 1 is 0.767 bits per heavy atom. The van der Waals surface area contributed by atoms with Crippen molar-refractivity contribution in [3.8, 4) is 11.1 Å². The van der Waals surface area contributed by atoms with E-state index in [1.54, 1.807) is 11.1 Å². The van der Waals surface area contributed by atoms with Crippen molar-refractivity contribution in [1.82, 2.24) is 4.90 Å². The molecule has 0 unspecified atom stereocenters. The van der Waals surface area contributed by atoms with Gasteiger partial charge in [-0.2, -0.15) is 0 Å². The average Bonchev–Trinajstić information content (AvgIpc) is 2.77. The van der Waals surface area contributed by atoms with Gasteiger partial charge in [-0.3, -0.25) is 0 Å². The molecule has 3 aromatic rings. The van der Waals surface area contributed by atoms with Gasteiger partial charge in [-0.1, -0.05) is 72.3 Å². The zero-order valence-electron chi connectivity index (χ0n) is 18.8. The molecule has 1 nitrogen and oxygen atoms in total. The molecule has 0 N–H and O–H groups in total. The number of benzene rings is 3. The fraction of sp³-hybridized carbons (Fsp3) is 0.379. The van der Waals surface area contributed by atoms with Gasteiger partial charge >= 0.3 is 0 Å². The predicted octanol–water partition coefficient (Wildman–Crippen LogP) is 6.50. The Morgan fingerprint density at radius 3 is 2.10 bits per heavy atom. The van der Waals surface area contributed by atoms with E-state index in [0.717, 1.165) is 18.8 Å². The van der Waals surface area contributed by atoms with Gasteiger partial charge in [0.2, 0.25) is 0 Å². The minimum Gasteiger partial charge on any atom is -0.309 e. The van der Waals surface area contributed by atoms with Crippen molar-refractivity contribution in [3.63, 3.8) is 0 Å². The van der Waals surface area contributed by atoms with Gasteiger partial charge in [0.25, 0.3) is 0 Å². The number of rotatable bonds is 7. The summed E-state index contributed by atoms with van der Waals surface area (Å²) in [6.07, 6.45) is 7.44. The van der Waals surface area contributed by atoms with Crippen molar-refractivity contribution < 1.29 is 0 Å². The maximum atomic E-state index is 2.48. The van der Waals surface area contributed by atoms with E-state index in [1.165, 1.54) is 60.0 Å². The van der Waals surface area contributed by atoms with Crippen LogP contribution in [0.3, 0.4) is 0 Å². The predicted molar refractivity (Wildman–Crippen MR) is 129 cm³/mol. The molecule has 0 radical (unpaired) electrons. The average molecular weight is 398 g/mol. The lowest BCUT2D eigenvalue weighted by molar-refractivity contribution is 0.331. The monoisotopic (exact) mass is 397 g/mol. The van der Waals surface area contributed by atoms with E-state index in [0.29, 0.717) is 0 Å². The van der Waals surface area contributed by atoms with Crippen LogP contribution in [0, 0.1) is 12.8 Å². The molecule has 0 amide bonds. The lowest BCUT2D eigenvalue weighted by Gasteiger charge is -2.26. The molecule has 30 heavy (non-hydrogen) atoms. The lowest BCUT2D eigenvalue weighted by Crippen LogP contribution is -2.21. The fourth-order valence-electron chi connectivity index (χ4n) is 4.63. The third kappa shape index (κ3) is 5.40. The Balaban J connectivity index is 1.34. The summed E-state index contributed by atoms with van der Waals surface area (Å²) in [7, 11) is 4.36. The summed E-state index contributed by atoms with van der Waals surface area (Å²) in [5.41, 5.74) is 10.0. The van der Waals surface area contributed by atoms with Gasteiger partial charge in [-0.25, -0.2) is 0 Å². The quantitative estimate of drug-likeness (QED) is 0.439. The van der Waals surface area contributed by atoms with Gasteiger partial charge in [0.05, 0.1) is 0 Å². The largest absolute Gasteiger partial charge is 0.309 e. The minimum absolute atomic E-state index is 0.859. The molecule has 3 aromatic carbocycles. The van der Waals surface area contributed by atoms with Crippen molar-refractivity contribution in [2.45, 2.75) is 45.4 Å². The maximum absolute atomic E-state index is 2.48. The van der Waals surface area contributed by atoms with Crippen LogP contribution in [0.4, 0.5) is 0 Å². The number of hydrogen-bond acceptors (Lipinski definition) is 1. The Morgan fingerprint density at radius 2 is 1.40 bits per heavy atom. The van der Waals surface area contributed by atoms with E-state index in [1.807, 2.05) is 0 Å². The second kappa shape index (κ2) is 9.62. The van der Waals surface area contributed by atoms with E-state index in [2.05, 4.69) is 92.6 Å². The van der Waals surface area contributed by atoms with Crippen LogP contribution in [0.2, 0.25) is 0 Å². The Labute approximate surface area is 182 Å². The SMILES string of the molecule is Cc1ccc(-c2ccc(CCc3ccc4c(c3)CC[C@@H](CCN(C)C)C4)cc2)cc1. The van der Waals surface area contributed by atoms with E-state index < -0.39 is 0 Å². The van der Waals surface area contributed by atoms with Crippen LogP contribution in [0.15, 0.2) is 66.7 Å². The van der Waals surface area contributed by atoms with E-state index in [4.69, 9.17) is 0 Å². The topological polar surface area (TPSA) is 3.24 Å². The molecular formula is C29H35N. The van der Waals surface area contributed by atoms with E-state index in [-0.39, 0.29) is 0 Å². The Bertz CT molecular complexity index is 951. The van der Waals surface area contributed by atoms with Crippen molar-refractivity contribution in [2.24, 2.45) is 5.92 Å². The first kappa shape index (κ1) is 20.9. The lowest BCUT2D eigenvalue weighted by atomic mass is 9.81. The highest BCUT2D eigenvalue weighted by atomic mass is 15.0. The molecule has 0 aromatic heterocycles. The zero-order chi connectivity index (χ0) is 20.9. The second-order valence-electron chi connectivity index (χ2n) is 9.37. The smallest absolute Gasteiger partial charge is 0.00221 e. The van der Waals surface area contributed by atoms with Gasteiger partial charge in [-0.15, -0.1) is 0 Å². The number of nitrogens with zero attached hydrogens (tertiary/aromatic N) is 1. The molecular weight excluding hydrogens is 362 g/mol. The number of hydrogen-bond donors (Lipinski definition) is 0. The summed E-state index contributed by atoms with van der Waals surface area (Å²) in [4.78, 5) is 2.31. The molecule has 0 heterocycles. The van der Waals surface area contributed by atoms with E-state index >= 15 is 0 Å². The molecule has 1 heteroatoms. The molecule has 4 rings (SSSR count). The van der Waals surface area contributed by atoms with Gasteiger partial charge in [-0.05, 0) is 105 Å². The standard InChI is InChI=1S/C29H35N/c1-22-4-12-26(13-5-22)27-14-8-23(9-15-27)6-7-24-10-16-29-21-25(18-19-30(2)3)11-17-28(29)20-24/h4-5,8-10,12-16,20,25H,6-7,11,17-19,21H2,1-3H3/t25-/m0/s1. The molecule has 0 bridgehead atoms. The van der Waals surface area contributed by atoms with Gasteiger partial charge < -0.3 is 4.90 Å². The van der Waals surface area contributed by atoms with Crippen LogP contribution in [0.25, 0.3) is 11.1 Å². The molecule has 1 atom stereocenters. The van der Waals surface area contributed by atoms with Crippen LogP contribution >= 0.6 is 0 Å². The number of aryl methyl sites for hydroxylation is 4. The molecule has 0 fully saturated rings. The first-order valence-electron chi connectivity index (χ1n) is 11.5. The molecule has 0 saturated carbocycles. The molecule has 0 saturated heterocycles. The van der Waals surface area contributed by atoms with Crippen LogP contribution < -0.4 is 0 Å². The fourth-order valence-corrected chi connectivity index (χ4v) is 4.63. The summed E-state index contributed by atoms with van der Waals surface area (Å²) in [6, 6.07) is 25.2. The highest BCUT2D eigenvalue weighted by molar-refractivity contribution is 5.63. The molecule has 1 aliphatic rings. The second-order valence-corrected chi connectivity index (χ2v) is 9.37. The Kier molecular flexibility index (Phi) is 6.69. The first-order chi connectivity index (χ1) is 14.6. The molecule has 0 aliphatic heterocycles. The Hall–Kier alpha value is -2.38. The zero-order valence-corrected chi connectivity index (χ0v) is 18.8. The normalized spacial score (nSPS) is 15.9. The van der Waals surface area contributed by atoms with Crippen LogP contribution in [-0.4, -0.2) is 25.5 Å². The number of fused-ring (bicyclic) bond motifs is 1. The third-order valence-electron chi connectivity index (χ3n) is 6.63. The van der Waals surface area contributed by atoms with E-state index in [9.17, 15) is 0 Å². The van der Waals surface area contributed by atoms with Crippen LogP contribution in [0.5, 0.6) is 0 Å². The van der Waals surface area contributed by atoms with Crippen LogP contribution in [-0.2, 0) is 25.7 Å². The van der Waals surface area contributed by atoms with Crippen LogP contribution in [0.1, 0.15) is 40.7 Å². The van der Waals surface area contributed by atoms with Crippen molar-refractivity contribution in [3.05, 3.63) is 94.5 Å². The first-order valence-corrected chi connectivity index (χ1v) is 11.5. The molecule has 0 spiro atoms. The third-order valence-corrected chi connectivity index (χ3v) is 6.63. The van der Waals surface area contributed by atoms with Crippen molar-refractivity contribution in [2.75, 3.05) is 20.6 Å². The summed E-state index contributed by atoms with van der Waals surface area (Å²) in [5.74, 6) is 0.859. The molecule has 156 valence electrons. The summed E-state index contributed by atoms with van der Waals surface area (Å²) < 4.78 is 0. The van der Waals surface area contributed by atoms with Crippen molar-refractivity contribution >= 4 is 0 Å².